The van der Waals surface area contributed by atoms with Crippen LogP contribution in [-0.2, 0) is 16.6 Å². The molecule has 12 heteroatoms. The smallest absolute Gasteiger partial charge is 0.264 e. The lowest BCUT2D eigenvalue weighted by Crippen LogP contribution is -2.45. The van der Waals surface area contributed by atoms with Crippen LogP contribution in [0.5, 0.6) is 5.88 Å². The third-order valence-electron chi connectivity index (χ3n) is 8.50. The Labute approximate surface area is 283 Å². The van der Waals surface area contributed by atoms with Gasteiger partial charge in [-0.05, 0) is 81.3 Å². The van der Waals surface area contributed by atoms with E-state index in [0.29, 0.717) is 23.8 Å². The molecule has 4 bridgehead atoms. The van der Waals surface area contributed by atoms with Crippen molar-refractivity contribution < 1.29 is 17.9 Å². The molecule has 0 spiro atoms. The number of sulfonamides is 1. The SMILES string of the molecule is Cc1cnc(N(C)C(C)C)nc1CN1C(=O)c2cccc(c2)S(=O)(=O)Nc2nc(cc(-c3c(C)cccc3C)n2)OC[C@H]1CC(C)(C)C. The highest BCUT2D eigenvalue weighted by atomic mass is 32.2. The zero-order valence-electron chi connectivity index (χ0n) is 29.2. The largest absolute Gasteiger partial charge is 0.475 e. The van der Waals surface area contributed by atoms with E-state index in [1.165, 1.54) is 12.1 Å². The van der Waals surface area contributed by atoms with Crippen LogP contribution < -0.4 is 14.4 Å². The monoisotopic (exact) mass is 671 g/mol. The Morgan fingerprint density at radius 3 is 2.35 bits per heavy atom. The fraction of sp³-hybridized carbons (Fsp3) is 0.417. The normalized spacial score (nSPS) is 16.3. The number of hydrogen-bond acceptors (Lipinski definition) is 9. The lowest BCUT2D eigenvalue weighted by atomic mass is 9.87. The molecule has 1 N–H and O–H groups in total. The molecule has 0 saturated carbocycles. The summed E-state index contributed by atoms with van der Waals surface area (Å²) in [5, 5.41) is 0. The quantitative estimate of drug-likeness (QED) is 0.249. The Morgan fingerprint density at radius 1 is 1.00 bits per heavy atom. The van der Waals surface area contributed by atoms with E-state index in [-0.39, 0.29) is 52.8 Å². The summed E-state index contributed by atoms with van der Waals surface area (Å²) in [7, 11) is -2.24. The number of rotatable bonds is 6. The van der Waals surface area contributed by atoms with Crippen molar-refractivity contribution in [2.24, 2.45) is 5.41 Å². The number of amides is 1. The summed E-state index contributed by atoms with van der Waals surface area (Å²) >= 11 is 0. The first-order valence-corrected chi connectivity index (χ1v) is 17.6. The molecule has 0 saturated heterocycles. The molecule has 1 amide bonds. The van der Waals surface area contributed by atoms with Crippen LogP contribution in [0.4, 0.5) is 11.9 Å². The topological polar surface area (TPSA) is 131 Å². The molecule has 2 aromatic carbocycles. The molecule has 48 heavy (non-hydrogen) atoms. The van der Waals surface area contributed by atoms with Crippen molar-refractivity contribution in [3.63, 3.8) is 0 Å². The maximum Gasteiger partial charge on any atom is 0.264 e. The van der Waals surface area contributed by atoms with Crippen LogP contribution in [0.2, 0.25) is 0 Å². The highest BCUT2D eigenvalue weighted by Crippen LogP contribution is 2.32. The molecule has 11 nitrogen and oxygen atoms in total. The second-order valence-corrected chi connectivity index (χ2v) is 15.7. The number of carbonyl (C=O) groups is 1. The summed E-state index contributed by atoms with van der Waals surface area (Å²) in [6.07, 6.45) is 2.35. The van der Waals surface area contributed by atoms with Gasteiger partial charge >= 0.3 is 0 Å². The number of hydrogen-bond donors (Lipinski definition) is 1. The lowest BCUT2D eigenvalue weighted by Gasteiger charge is -2.36. The van der Waals surface area contributed by atoms with E-state index in [2.05, 4.69) is 54.3 Å². The van der Waals surface area contributed by atoms with E-state index in [9.17, 15) is 13.2 Å². The minimum atomic E-state index is -4.18. The number of aryl methyl sites for hydroxylation is 3. The van der Waals surface area contributed by atoms with Crippen molar-refractivity contribution in [1.82, 2.24) is 24.8 Å². The van der Waals surface area contributed by atoms with Crippen LogP contribution in [0.15, 0.2) is 59.6 Å². The second kappa shape index (κ2) is 13.5. The summed E-state index contributed by atoms with van der Waals surface area (Å²) in [6, 6.07) is 13.4. The van der Waals surface area contributed by atoms with Gasteiger partial charge in [-0.15, -0.1) is 0 Å². The van der Waals surface area contributed by atoms with E-state index < -0.39 is 16.1 Å². The van der Waals surface area contributed by atoms with Gasteiger partial charge in [-0.25, -0.2) is 28.1 Å². The number of aromatic nitrogens is 4. The van der Waals surface area contributed by atoms with Crippen LogP contribution >= 0.6 is 0 Å². The van der Waals surface area contributed by atoms with Gasteiger partial charge in [-0.1, -0.05) is 45.0 Å². The zero-order chi connectivity index (χ0) is 35.0. The van der Waals surface area contributed by atoms with Crippen LogP contribution in [0, 0.1) is 26.2 Å². The first kappa shape index (κ1) is 34.7. The molecule has 1 aliphatic rings. The van der Waals surface area contributed by atoms with Gasteiger partial charge < -0.3 is 14.5 Å². The molecule has 0 fully saturated rings. The molecule has 254 valence electrons. The number of fused-ring (bicyclic) bond motifs is 4. The molecule has 0 unspecified atom stereocenters. The van der Waals surface area contributed by atoms with E-state index in [0.717, 1.165) is 22.3 Å². The maximum atomic E-state index is 14.5. The molecule has 5 rings (SSSR count). The summed E-state index contributed by atoms with van der Waals surface area (Å²) in [5.74, 6) is 0.287. The fourth-order valence-corrected chi connectivity index (χ4v) is 6.73. The predicted octanol–water partition coefficient (Wildman–Crippen LogP) is 6.34. The van der Waals surface area contributed by atoms with Gasteiger partial charge in [0.05, 0.1) is 28.9 Å². The number of benzene rings is 2. The average Bonchev–Trinajstić information content (AvgIpc) is 3.01. The van der Waals surface area contributed by atoms with Crippen molar-refractivity contribution in [2.45, 2.75) is 85.3 Å². The first-order valence-electron chi connectivity index (χ1n) is 16.1. The lowest BCUT2D eigenvalue weighted by molar-refractivity contribution is 0.0508. The van der Waals surface area contributed by atoms with E-state index >= 15 is 0 Å². The predicted molar refractivity (Wildman–Crippen MR) is 188 cm³/mol. The van der Waals surface area contributed by atoms with Crippen LogP contribution in [-0.4, -0.2) is 64.9 Å². The van der Waals surface area contributed by atoms with E-state index in [1.807, 2.05) is 50.9 Å². The summed E-state index contributed by atoms with van der Waals surface area (Å²) in [4.78, 5) is 36.7. The fourth-order valence-electron chi connectivity index (χ4n) is 5.74. The highest BCUT2D eigenvalue weighted by Gasteiger charge is 2.32. The molecule has 0 radical (unpaired) electrons. The second-order valence-electron chi connectivity index (χ2n) is 14.0. The van der Waals surface area contributed by atoms with Gasteiger partial charge in [0.15, 0.2) is 0 Å². The average molecular weight is 672 g/mol. The number of carbonyl (C=O) groups excluding carboxylic acids is 1. The van der Waals surface area contributed by atoms with Crippen LogP contribution in [0.3, 0.4) is 0 Å². The molecular formula is C36H45N7O4S. The van der Waals surface area contributed by atoms with E-state index in [4.69, 9.17) is 9.72 Å². The minimum Gasteiger partial charge on any atom is -0.475 e. The first-order chi connectivity index (χ1) is 22.5. The van der Waals surface area contributed by atoms with Crippen molar-refractivity contribution in [2.75, 3.05) is 23.3 Å². The van der Waals surface area contributed by atoms with Gasteiger partial charge in [-0.2, -0.15) is 4.98 Å². The number of nitrogens with zero attached hydrogens (tertiary/aromatic N) is 6. The molecule has 2 aromatic heterocycles. The molecular weight excluding hydrogens is 627 g/mol. The highest BCUT2D eigenvalue weighted by molar-refractivity contribution is 7.92. The van der Waals surface area contributed by atoms with Gasteiger partial charge in [0.25, 0.3) is 15.9 Å². The van der Waals surface area contributed by atoms with Gasteiger partial charge in [0, 0.05) is 36.5 Å². The number of ether oxygens (including phenoxy) is 1. The molecule has 3 heterocycles. The molecule has 1 atom stereocenters. The summed E-state index contributed by atoms with van der Waals surface area (Å²) in [6.45, 7) is 16.6. The van der Waals surface area contributed by atoms with Crippen molar-refractivity contribution >= 4 is 27.8 Å². The zero-order valence-corrected chi connectivity index (χ0v) is 30.0. The van der Waals surface area contributed by atoms with Crippen molar-refractivity contribution in [3.8, 4) is 17.1 Å². The van der Waals surface area contributed by atoms with Gasteiger partial charge in [0.1, 0.15) is 6.61 Å². The minimum absolute atomic E-state index is 0.0810. The number of anilines is 2. The number of nitrogens with one attached hydrogen (secondary N) is 1. The Hall–Kier alpha value is -4.58. The van der Waals surface area contributed by atoms with Gasteiger partial charge in [-0.3, -0.25) is 4.79 Å². The Balaban J connectivity index is 1.68. The van der Waals surface area contributed by atoms with Gasteiger partial charge in [0.2, 0.25) is 17.8 Å². The third-order valence-corrected chi connectivity index (χ3v) is 9.83. The summed E-state index contributed by atoms with van der Waals surface area (Å²) < 4.78 is 36.4. The summed E-state index contributed by atoms with van der Waals surface area (Å²) in [5.41, 5.74) is 4.89. The molecule has 4 aromatic rings. The molecule has 0 aliphatic carbocycles. The Kier molecular flexibility index (Phi) is 9.77. The maximum absolute atomic E-state index is 14.5. The Bertz CT molecular complexity index is 1920. The van der Waals surface area contributed by atoms with Crippen molar-refractivity contribution in [1.29, 1.82) is 0 Å². The standard InChI is InChI=1S/C36H45N7O4S/c1-22(2)42(9)35-37-19-25(5)30(39-35)20-43-27(18-36(6,7)8)21-47-31-17-29(32-23(3)12-10-13-24(32)4)38-34(40-31)41-48(45,46)28-15-11-14-26(16-28)33(43)44/h10-17,19,22,27H,18,20-21H2,1-9H3,(H,38,40,41)/t27-/m1/s1. The molecule has 1 aliphatic heterocycles. The van der Waals surface area contributed by atoms with Crippen LogP contribution in [0.1, 0.15) is 73.8 Å². The third kappa shape index (κ3) is 7.75. The Morgan fingerprint density at radius 2 is 1.69 bits per heavy atom. The van der Waals surface area contributed by atoms with E-state index in [1.54, 1.807) is 29.3 Å². The van der Waals surface area contributed by atoms with Crippen molar-refractivity contribution in [3.05, 3.63) is 82.7 Å². The van der Waals surface area contributed by atoms with Crippen LogP contribution in [0.25, 0.3) is 11.3 Å².